The molecule has 0 fully saturated rings. The van der Waals surface area contributed by atoms with Crippen molar-refractivity contribution in [2.75, 3.05) is 12.8 Å². The van der Waals surface area contributed by atoms with E-state index >= 15 is 0 Å². The summed E-state index contributed by atoms with van der Waals surface area (Å²) in [4.78, 5) is 12.8. The Hall–Kier alpha value is -1.23. The van der Waals surface area contributed by atoms with E-state index in [0.717, 1.165) is 16.0 Å². The second-order valence-electron chi connectivity index (χ2n) is 3.89. The van der Waals surface area contributed by atoms with Crippen molar-refractivity contribution >= 4 is 45.5 Å². The molecular weight excluding hydrogens is 305 g/mol. The molecule has 0 spiro atoms. The molecule has 6 heteroatoms. The second kappa shape index (κ2) is 5.41. The summed E-state index contributed by atoms with van der Waals surface area (Å²) < 4.78 is 4.78. The average Bonchev–Trinajstić information content (AvgIpc) is 2.67. The van der Waals surface area contributed by atoms with E-state index in [4.69, 9.17) is 33.7 Å². The van der Waals surface area contributed by atoms with Crippen LogP contribution in [0.1, 0.15) is 15.2 Å². The highest BCUT2D eigenvalue weighted by atomic mass is 35.5. The van der Waals surface area contributed by atoms with Gasteiger partial charge in [-0.3, -0.25) is 0 Å². The molecule has 2 rings (SSSR count). The number of hydrogen-bond donors (Lipinski definition) is 1. The summed E-state index contributed by atoms with van der Waals surface area (Å²) in [6.45, 7) is 1.89. The van der Waals surface area contributed by atoms with E-state index in [1.165, 1.54) is 18.4 Å². The lowest BCUT2D eigenvalue weighted by molar-refractivity contribution is 0.0603. The van der Waals surface area contributed by atoms with Gasteiger partial charge in [-0.05, 0) is 24.6 Å². The van der Waals surface area contributed by atoms with E-state index in [-0.39, 0.29) is 0 Å². The molecule has 0 aliphatic rings. The van der Waals surface area contributed by atoms with Gasteiger partial charge in [0.05, 0.1) is 17.2 Å². The van der Waals surface area contributed by atoms with Gasteiger partial charge in [-0.2, -0.15) is 0 Å². The maximum Gasteiger partial charge on any atom is 0.341 e. The van der Waals surface area contributed by atoms with Crippen LogP contribution in [-0.2, 0) is 4.74 Å². The van der Waals surface area contributed by atoms with Crippen molar-refractivity contribution in [3.05, 3.63) is 38.7 Å². The minimum absolute atomic E-state index is 0.378. The molecule has 1 aromatic carbocycles. The van der Waals surface area contributed by atoms with Crippen LogP contribution in [-0.4, -0.2) is 13.1 Å². The van der Waals surface area contributed by atoms with Gasteiger partial charge in [0, 0.05) is 10.4 Å². The third kappa shape index (κ3) is 2.56. The van der Waals surface area contributed by atoms with Crippen LogP contribution in [0, 0.1) is 6.92 Å². The number of benzene rings is 1. The number of nitrogens with two attached hydrogens (primary N) is 1. The van der Waals surface area contributed by atoms with Crippen LogP contribution in [0.4, 0.5) is 5.00 Å². The molecule has 0 unspecified atom stereocenters. The average molecular weight is 316 g/mol. The number of thiophene rings is 1. The molecular formula is C13H11Cl2NO2S. The molecule has 0 amide bonds. The fraction of sp³-hybridized carbons (Fsp3) is 0.154. The SMILES string of the molecule is COC(=O)c1c(N)sc(C)c1-c1ccc(Cl)c(Cl)c1. The maximum absolute atomic E-state index is 11.8. The normalized spacial score (nSPS) is 10.5. The van der Waals surface area contributed by atoms with Crippen LogP contribution in [0.3, 0.4) is 0 Å². The molecule has 0 aliphatic carbocycles. The molecule has 0 saturated heterocycles. The van der Waals surface area contributed by atoms with Gasteiger partial charge in [-0.15, -0.1) is 11.3 Å². The first-order valence-corrected chi connectivity index (χ1v) is 6.95. The van der Waals surface area contributed by atoms with Crippen molar-refractivity contribution in [3.63, 3.8) is 0 Å². The summed E-state index contributed by atoms with van der Waals surface area (Å²) in [7, 11) is 1.33. The molecule has 0 bridgehead atoms. The maximum atomic E-state index is 11.8. The number of nitrogen functional groups attached to an aromatic ring is 1. The van der Waals surface area contributed by atoms with E-state index in [1.54, 1.807) is 18.2 Å². The van der Waals surface area contributed by atoms with Gasteiger partial charge in [-0.25, -0.2) is 4.79 Å². The lowest BCUT2D eigenvalue weighted by Crippen LogP contribution is -2.04. The zero-order valence-electron chi connectivity index (χ0n) is 10.3. The smallest absolute Gasteiger partial charge is 0.341 e. The van der Waals surface area contributed by atoms with Crippen LogP contribution >= 0.6 is 34.5 Å². The number of methoxy groups -OCH3 is 1. The van der Waals surface area contributed by atoms with Crippen molar-refractivity contribution in [2.24, 2.45) is 0 Å². The third-order valence-electron chi connectivity index (χ3n) is 2.71. The molecule has 19 heavy (non-hydrogen) atoms. The van der Waals surface area contributed by atoms with Crippen molar-refractivity contribution in [1.82, 2.24) is 0 Å². The van der Waals surface area contributed by atoms with Gasteiger partial charge in [0.2, 0.25) is 0 Å². The van der Waals surface area contributed by atoms with Crippen LogP contribution < -0.4 is 5.73 Å². The molecule has 1 heterocycles. The highest BCUT2D eigenvalue weighted by Gasteiger charge is 2.22. The van der Waals surface area contributed by atoms with E-state index in [1.807, 2.05) is 6.92 Å². The van der Waals surface area contributed by atoms with Crippen LogP contribution in [0.5, 0.6) is 0 Å². The standard InChI is InChI=1S/C13H11Cl2NO2S/c1-6-10(7-3-4-8(14)9(15)5-7)11(12(16)19-6)13(17)18-2/h3-5H,16H2,1-2H3. The molecule has 2 N–H and O–H groups in total. The van der Waals surface area contributed by atoms with Gasteiger partial charge in [0.15, 0.2) is 0 Å². The first-order valence-electron chi connectivity index (χ1n) is 5.38. The summed E-state index contributed by atoms with van der Waals surface area (Å²) in [5.74, 6) is -0.456. The highest BCUT2D eigenvalue weighted by Crippen LogP contribution is 2.40. The lowest BCUT2D eigenvalue weighted by atomic mass is 10.0. The molecule has 2 aromatic rings. The Balaban J connectivity index is 2.67. The Morgan fingerprint density at radius 1 is 1.32 bits per heavy atom. The molecule has 0 radical (unpaired) electrons. The molecule has 100 valence electrons. The molecule has 0 saturated carbocycles. The second-order valence-corrected chi connectivity index (χ2v) is 5.96. The van der Waals surface area contributed by atoms with Crippen molar-refractivity contribution in [2.45, 2.75) is 6.92 Å². The van der Waals surface area contributed by atoms with Gasteiger partial charge >= 0.3 is 5.97 Å². The quantitative estimate of drug-likeness (QED) is 0.836. The predicted molar refractivity (Wildman–Crippen MR) is 80.3 cm³/mol. The van der Waals surface area contributed by atoms with Crippen LogP contribution in [0.25, 0.3) is 11.1 Å². The summed E-state index contributed by atoms with van der Waals surface area (Å²) >= 11 is 13.3. The Morgan fingerprint density at radius 3 is 2.58 bits per heavy atom. The van der Waals surface area contributed by atoms with Gasteiger partial charge in [-0.1, -0.05) is 29.3 Å². The molecule has 1 aromatic heterocycles. The Morgan fingerprint density at radius 2 is 2.00 bits per heavy atom. The highest BCUT2D eigenvalue weighted by molar-refractivity contribution is 7.16. The first kappa shape index (κ1) is 14.2. The summed E-state index contributed by atoms with van der Waals surface area (Å²) in [5.41, 5.74) is 7.80. The zero-order valence-corrected chi connectivity index (χ0v) is 12.6. The Kier molecular flexibility index (Phi) is 4.04. The molecule has 0 atom stereocenters. The monoisotopic (exact) mass is 315 g/mol. The largest absolute Gasteiger partial charge is 0.465 e. The number of ether oxygens (including phenoxy) is 1. The van der Waals surface area contributed by atoms with Gasteiger partial charge in [0.1, 0.15) is 10.6 Å². The predicted octanol–water partition coefficient (Wildman–Crippen LogP) is 4.40. The summed E-state index contributed by atoms with van der Waals surface area (Å²) in [5, 5.41) is 1.33. The Bertz CT molecular complexity index is 652. The van der Waals surface area contributed by atoms with E-state index in [2.05, 4.69) is 0 Å². The number of rotatable bonds is 2. The van der Waals surface area contributed by atoms with Crippen LogP contribution in [0.15, 0.2) is 18.2 Å². The lowest BCUT2D eigenvalue weighted by Gasteiger charge is -2.06. The summed E-state index contributed by atoms with van der Waals surface area (Å²) in [6, 6.07) is 5.20. The minimum atomic E-state index is -0.456. The summed E-state index contributed by atoms with van der Waals surface area (Å²) in [6.07, 6.45) is 0. The first-order chi connectivity index (χ1) is 8.95. The van der Waals surface area contributed by atoms with Gasteiger partial charge < -0.3 is 10.5 Å². The number of halogens is 2. The number of esters is 1. The van der Waals surface area contributed by atoms with E-state index in [9.17, 15) is 4.79 Å². The minimum Gasteiger partial charge on any atom is -0.465 e. The number of anilines is 1. The topological polar surface area (TPSA) is 52.3 Å². The Labute approximate surface area is 124 Å². The van der Waals surface area contributed by atoms with Crippen molar-refractivity contribution in [1.29, 1.82) is 0 Å². The van der Waals surface area contributed by atoms with Crippen molar-refractivity contribution in [3.8, 4) is 11.1 Å². The molecule has 3 nitrogen and oxygen atoms in total. The van der Waals surface area contributed by atoms with E-state index in [0.29, 0.717) is 20.6 Å². The third-order valence-corrected chi connectivity index (χ3v) is 4.38. The number of carbonyl (C=O) groups excluding carboxylic acids is 1. The number of hydrogen-bond acceptors (Lipinski definition) is 4. The number of aryl methyl sites for hydroxylation is 1. The fourth-order valence-electron chi connectivity index (χ4n) is 1.87. The van der Waals surface area contributed by atoms with Crippen LogP contribution in [0.2, 0.25) is 10.0 Å². The zero-order chi connectivity index (χ0) is 14.2. The van der Waals surface area contributed by atoms with E-state index < -0.39 is 5.97 Å². The number of carbonyl (C=O) groups is 1. The molecule has 0 aliphatic heterocycles. The van der Waals surface area contributed by atoms with Crippen molar-refractivity contribution < 1.29 is 9.53 Å². The fourth-order valence-corrected chi connectivity index (χ4v) is 3.11. The van der Waals surface area contributed by atoms with Gasteiger partial charge in [0.25, 0.3) is 0 Å².